The molecule has 1 aliphatic rings. The number of amides is 1. The van der Waals surface area contributed by atoms with Crippen LogP contribution in [0.15, 0.2) is 36.7 Å². The van der Waals surface area contributed by atoms with Gasteiger partial charge >= 0.3 is 0 Å². The van der Waals surface area contributed by atoms with Crippen LogP contribution in [0.3, 0.4) is 0 Å². The van der Waals surface area contributed by atoms with Gasteiger partial charge in [-0.3, -0.25) is 14.5 Å². The number of hydrogen-bond donors (Lipinski definition) is 2. The topological polar surface area (TPSA) is 102 Å². The lowest BCUT2D eigenvalue weighted by Gasteiger charge is -2.33. The van der Waals surface area contributed by atoms with E-state index in [0.717, 1.165) is 17.5 Å². The minimum absolute atomic E-state index is 0.196. The number of anilines is 2. The standard InChI is InChI=1S/C21H20Cl2N4O4S/c1-27-16-7-6-12(26-32(3,29)30)9-13(16)18-17(27)5-4-8-21(18,31-2)20(28)25-19-14(22)10-24-11-15(19)23/h4-7,9-11,26H,8H2,1-3H3,(H,24,25,28). The molecule has 1 amide bonds. The van der Waals surface area contributed by atoms with Crippen LogP contribution in [0.1, 0.15) is 17.7 Å². The van der Waals surface area contributed by atoms with E-state index >= 15 is 0 Å². The first-order chi connectivity index (χ1) is 15.1. The monoisotopic (exact) mass is 494 g/mol. The molecule has 8 nitrogen and oxygen atoms in total. The van der Waals surface area contributed by atoms with Crippen molar-refractivity contribution in [1.29, 1.82) is 0 Å². The molecule has 4 rings (SSSR count). The Morgan fingerprint density at radius 1 is 1.25 bits per heavy atom. The summed E-state index contributed by atoms with van der Waals surface area (Å²) in [4.78, 5) is 17.5. The van der Waals surface area contributed by atoms with E-state index in [1.165, 1.54) is 19.5 Å². The summed E-state index contributed by atoms with van der Waals surface area (Å²) in [5, 5.41) is 3.86. The van der Waals surface area contributed by atoms with Gasteiger partial charge in [-0.1, -0.05) is 29.3 Å². The molecule has 0 saturated heterocycles. The quantitative estimate of drug-likeness (QED) is 0.554. The summed E-state index contributed by atoms with van der Waals surface area (Å²) in [6, 6.07) is 5.16. The molecule has 1 unspecified atom stereocenters. The molecular weight excluding hydrogens is 475 g/mol. The number of carbonyl (C=O) groups excluding carboxylic acids is 1. The van der Waals surface area contributed by atoms with Gasteiger partial charge < -0.3 is 14.6 Å². The highest BCUT2D eigenvalue weighted by Gasteiger charge is 2.45. The van der Waals surface area contributed by atoms with Crippen molar-refractivity contribution < 1.29 is 17.9 Å². The van der Waals surface area contributed by atoms with Crippen molar-refractivity contribution in [2.24, 2.45) is 7.05 Å². The van der Waals surface area contributed by atoms with E-state index in [1.54, 1.807) is 18.2 Å². The van der Waals surface area contributed by atoms with Crippen molar-refractivity contribution in [3.63, 3.8) is 0 Å². The Kier molecular flexibility index (Phi) is 5.70. The number of rotatable bonds is 5. The predicted octanol–water partition coefficient (Wildman–Crippen LogP) is 4.15. The molecule has 0 fully saturated rings. The molecule has 2 N–H and O–H groups in total. The van der Waals surface area contributed by atoms with Gasteiger partial charge in [0.25, 0.3) is 5.91 Å². The van der Waals surface area contributed by atoms with E-state index in [-0.39, 0.29) is 22.2 Å². The van der Waals surface area contributed by atoms with Gasteiger partial charge in [0.15, 0.2) is 5.60 Å². The van der Waals surface area contributed by atoms with Crippen molar-refractivity contribution in [2.45, 2.75) is 12.0 Å². The average molecular weight is 495 g/mol. The zero-order valence-electron chi connectivity index (χ0n) is 17.4. The van der Waals surface area contributed by atoms with Crippen LogP contribution in [0.25, 0.3) is 17.0 Å². The number of halogens is 2. The summed E-state index contributed by atoms with van der Waals surface area (Å²) in [6.07, 6.45) is 7.87. The molecule has 0 radical (unpaired) electrons. The zero-order valence-corrected chi connectivity index (χ0v) is 19.8. The first-order valence-electron chi connectivity index (χ1n) is 9.50. The Morgan fingerprint density at radius 2 is 1.94 bits per heavy atom. The molecular formula is C21H20Cl2N4O4S. The highest BCUT2D eigenvalue weighted by atomic mass is 35.5. The second-order valence-corrected chi connectivity index (χ2v) is 10.1. The normalized spacial score (nSPS) is 17.9. The SMILES string of the molecule is COC1(C(=O)Nc2c(Cl)cncc2Cl)CC=Cc2c1c1cc(NS(C)(=O)=O)ccc1n2C. The molecule has 3 aromatic rings. The van der Waals surface area contributed by atoms with E-state index in [1.807, 2.05) is 23.8 Å². The van der Waals surface area contributed by atoms with Crippen molar-refractivity contribution in [2.75, 3.05) is 23.4 Å². The van der Waals surface area contributed by atoms with Crippen LogP contribution in [-0.2, 0) is 32.2 Å². The van der Waals surface area contributed by atoms with Gasteiger partial charge in [-0.05, 0) is 24.3 Å². The van der Waals surface area contributed by atoms with Crippen molar-refractivity contribution in [3.8, 4) is 0 Å². The number of hydrogen-bond acceptors (Lipinski definition) is 5. The number of aromatic nitrogens is 2. The number of fused-ring (bicyclic) bond motifs is 3. The molecule has 2 heterocycles. The number of nitrogens with zero attached hydrogens (tertiary/aromatic N) is 2. The fourth-order valence-electron chi connectivity index (χ4n) is 4.03. The van der Waals surface area contributed by atoms with Crippen LogP contribution in [0, 0.1) is 0 Å². The largest absolute Gasteiger partial charge is 0.363 e. The Morgan fingerprint density at radius 3 is 2.56 bits per heavy atom. The minimum Gasteiger partial charge on any atom is -0.363 e. The van der Waals surface area contributed by atoms with E-state index in [0.29, 0.717) is 16.6 Å². The molecule has 32 heavy (non-hydrogen) atoms. The molecule has 1 aromatic carbocycles. The summed E-state index contributed by atoms with van der Waals surface area (Å²) in [5.41, 5.74) is 1.43. The highest BCUT2D eigenvalue weighted by Crippen LogP contribution is 2.44. The third kappa shape index (κ3) is 3.75. The van der Waals surface area contributed by atoms with Crippen LogP contribution in [0.2, 0.25) is 10.0 Å². The summed E-state index contributed by atoms with van der Waals surface area (Å²) >= 11 is 12.4. The predicted molar refractivity (Wildman–Crippen MR) is 127 cm³/mol. The van der Waals surface area contributed by atoms with Gasteiger partial charge in [0, 0.05) is 60.8 Å². The molecule has 0 aliphatic heterocycles. The molecule has 2 aromatic heterocycles. The lowest BCUT2D eigenvalue weighted by molar-refractivity contribution is -0.138. The van der Waals surface area contributed by atoms with Gasteiger partial charge in [0.1, 0.15) is 0 Å². The van der Waals surface area contributed by atoms with Crippen LogP contribution < -0.4 is 10.0 Å². The van der Waals surface area contributed by atoms with Gasteiger partial charge in [0.2, 0.25) is 10.0 Å². The Bertz CT molecular complexity index is 1360. The number of pyridine rings is 1. The molecule has 0 bridgehead atoms. The van der Waals surface area contributed by atoms with Crippen LogP contribution in [0.5, 0.6) is 0 Å². The summed E-state index contributed by atoms with van der Waals surface area (Å²) in [7, 11) is -0.153. The van der Waals surface area contributed by atoms with E-state index in [9.17, 15) is 13.2 Å². The maximum absolute atomic E-state index is 13.6. The Balaban J connectivity index is 1.90. The Hall–Kier alpha value is -2.59. The number of sulfonamides is 1. The molecule has 0 spiro atoms. The maximum Gasteiger partial charge on any atom is 0.261 e. The lowest BCUT2D eigenvalue weighted by atomic mass is 9.83. The Labute approximate surface area is 195 Å². The number of ether oxygens (including phenoxy) is 1. The fourth-order valence-corrected chi connectivity index (χ4v) is 5.04. The first-order valence-corrected chi connectivity index (χ1v) is 12.1. The van der Waals surface area contributed by atoms with Gasteiger partial charge in [-0.15, -0.1) is 0 Å². The number of aryl methyl sites for hydroxylation is 1. The second kappa shape index (κ2) is 8.08. The van der Waals surface area contributed by atoms with E-state index in [2.05, 4.69) is 15.0 Å². The van der Waals surface area contributed by atoms with Gasteiger partial charge in [-0.25, -0.2) is 8.42 Å². The number of carbonyl (C=O) groups is 1. The smallest absolute Gasteiger partial charge is 0.261 e. The van der Waals surface area contributed by atoms with Gasteiger partial charge in [-0.2, -0.15) is 0 Å². The van der Waals surface area contributed by atoms with Crippen molar-refractivity contribution in [3.05, 3.63) is 58.0 Å². The third-order valence-corrected chi connectivity index (χ3v) is 6.62. The molecule has 1 aliphatic carbocycles. The number of benzene rings is 1. The lowest BCUT2D eigenvalue weighted by Crippen LogP contribution is -2.43. The third-order valence-electron chi connectivity index (χ3n) is 5.44. The van der Waals surface area contributed by atoms with Crippen molar-refractivity contribution in [1.82, 2.24) is 9.55 Å². The number of nitrogens with one attached hydrogen (secondary N) is 2. The van der Waals surface area contributed by atoms with E-state index in [4.69, 9.17) is 27.9 Å². The first kappa shape index (κ1) is 22.6. The fraction of sp³-hybridized carbons (Fsp3) is 0.238. The van der Waals surface area contributed by atoms with Crippen LogP contribution in [-0.4, -0.2) is 37.2 Å². The average Bonchev–Trinajstić information content (AvgIpc) is 3.01. The number of methoxy groups -OCH3 is 1. The highest BCUT2D eigenvalue weighted by molar-refractivity contribution is 7.92. The summed E-state index contributed by atoms with van der Waals surface area (Å²) < 4.78 is 33.8. The van der Waals surface area contributed by atoms with Crippen LogP contribution in [0.4, 0.5) is 11.4 Å². The van der Waals surface area contributed by atoms with Crippen LogP contribution >= 0.6 is 23.2 Å². The minimum atomic E-state index is -3.48. The molecule has 0 saturated carbocycles. The summed E-state index contributed by atoms with van der Waals surface area (Å²) in [6.45, 7) is 0. The van der Waals surface area contributed by atoms with E-state index < -0.39 is 21.5 Å². The van der Waals surface area contributed by atoms with Crippen molar-refractivity contribution >= 4 is 67.5 Å². The maximum atomic E-state index is 13.6. The molecule has 11 heteroatoms. The second-order valence-electron chi connectivity index (χ2n) is 7.50. The van der Waals surface area contributed by atoms with Gasteiger partial charge in [0.05, 0.1) is 22.0 Å². The molecule has 168 valence electrons. The summed E-state index contributed by atoms with van der Waals surface area (Å²) in [5.74, 6) is -0.463. The molecule has 1 atom stereocenters. The zero-order chi connectivity index (χ0) is 23.3.